The number of aromatic nitrogens is 4. The van der Waals surface area contributed by atoms with Gasteiger partial charge in [0.25, 0.3) is 0 Å². The molecule has 0 bridgehead atoms. The van der Waals surface area contributed by atoms with Crippen molar-refractivity contribution >= 4 is 22.8 Å². The molecular weight excluding hydrogens is 274 g/mol. The van der Waals surface area contributed by atoms with Crippen molar-refractivity contribution in [2.24, 2.45) is 0 Å². The second-order valence-electron chi connectivity index (χ2n) is 4.52. The molecule has 0 aliphatic rings. The molecule has 0 saturated heterocycles. The molecule has 0 spiro atoms. The fourth-order valence-corrected chi connectivity index (χ4v) is 2.62. The number of thiophene rings is 1. The minimum atomic E-state index is 0.186. The Morgan fingerprint density at radius 2 is 2.25 bits per heavy atom. The van der Waals surface area contributed by atoms with E-state index in [2.05, 4.69) is 20.6 Å². The molecule has 20 heavy (non-hydrogen) atoms. The minimum Gasteiger partial charge on any atom is -0.383 e. The zero-order valence-corrected chi connectivity index (χ0v) is 12.1. The van der Waals surface area contributed by atoms with Gasteiger partial charge >= 0.3 is 0 Å². The van der Waals surface area contributed by atoms with Crippen molar-refractivity contribution in [1.82, 2.24) is 19.8 Å². The summed E-state index contributed by atoms with van der Waals surface area (Å²) >= 11 is 1.63. The zero-order valence-electron chi connectivity index (χ0n) is 11.3. The van der Waals surface area contributed by atoms with Crippen LogP contribution in [0.15, 0.2) is 29.0 Å². The van der Waals surface area contributed by atoms with Gasteiger partial charge in [0, 0.05) is 24.1 Å². The Kier molecular flexibility index (Phi) is 3.62. The topological polar surface area (TPSA) is 64.3 Å². The Morgan fingerprint density at radius 1 is 1.35 bits per heavy atom. The molecule has 7 heteroatoms. The van der Waals surface area contributed by atoms with Crippen LogP contribution in [-0.2, 0) is 4.74 Å². The summed E-state index contributed by atoms with van der Waals surface area (Å²) in [5, 5.41) is 20.2. The monoisotopic (exact) mass is 289 g/mol. The number of nitrogens with zero attached hydrogens (tertiary/aromatic N) is 4. The number of hydrogen-bond acceptors (Lipinski definition) is 6. The number of methoxy groups -OCH3 is 1. The quantitative estimate of drug-likeness (QED) is 0.781. The van der Waals surface area contributed by atoms with E-state index in [1.807, 2.05) is 35.9 Å². The van der Waals surface area contributed by atoms with E-state index in [-0.39, 0.29) is 6.04 Å². The van der Waals surface area contributed by atoms with E-state index in [0.29, 0.717) is 6.61 Å². The van der Waals surface area contributed by atoms with Gasteiger partial charge in [0.2, 0.25) is 0 Å². The zero-order chi connectivity index (χ0) is 13.9. The maximum Gasteiger partial charge on any atom is 0.186 e. The smallest absolute Gasteiger partial charge is 0.186 e. The van der Waals surface area contributed by atoms with Crippen molar-refractivity contribution < 1.29 is 4.74 Å². The summed E-state index contributed by atoms with van der Waals surface area (Å²) in [6.45, 7) is 2.67. The summed E-state index contributed by atoms with van der Waals surface area (Å²) in [7, 11) is 1.68. The summed E-state index contributed by atoms with van der Waals surface area (Å²) in [6.07, 6.45) is 0. The second kappa shape index (κ2) is 5.56. The average molecular weight is 289 g/mol. The van der Waals surface area contributed by atoms with Crippen LogP contribution in [0.2, 0.25) is 0 Å². The Morgan fingerprint density at radius 3 is 3.00 bits per heavy atom. The van der Waals surface area contributed by atoms with E-state index in [4.69, 9.17) is 4.74 Å². The van der Waals surface area contributed by atoms with Crippen LogP contribution in [0.3, 0.4) is 0 Å². The van der Waals surface area contributed by atoms with Gasteiger partial charge in [-0.25, -0.2) is 0 Å². The first-order chi connectivity index (χ1) is 9.78. The summed E-state index contributed by atoms with van der Waals surface area (Å²) in [6, 6.07) is 5.99. The summed E-state index contributed by atoms with van der Waals surface area (Å²) in [4.78, 5) is 0. The first kappa shape index (κ1) is 13.0. The van der Waals surface area contributed by atoms with Gasteiger partial charge in [-0.05, 0) is 30.5 Å². The first-order valence-electron chi connectivity index (χ1n) is 6.28. The standard InChI is InChI=1S/C13H15N5OS/c1-9(7-19-2)14-11-3-4-12-15-16-13(18(12)17-11)10-5-6-20-8-10/h3-6,8-9H,7H2,1-2H3,(H,14,17). The SMILES string of the molecule is COCC(C)Nc1ccc2nnc(-c3ccsc3)n2n1. The predicted octanol–water partition coefficient (Wildman–Crippen LogP) is 2.30. The minimum absolute atomic E-state index is 0.186. The number of fused-ring (bicyclic) bond motifs is 1. The van der Waals surface area contributed by atoms with E-state index < -0.39 is 0 Å². The third-order valence-corrected chi connectivity index (χ3v) is 3.54. The van der Waals surface area contributed by atoms with Crippen LogP contribution < -0.4 is 5.32 Å². The van der Waals surface area contributed by atoms with Gasteiger partial charge < -0.3 is 10.1 Å². The average Bonchev–Trinajstić information content (AvgIpc) is 3.06. The number of anilines is 1. The molecule has 3 rings (SSSR count). The molecule has 0 radical (unpaired) electrons. The lowest BCUT2D eigenvalue weighted by Crippen LogP contribution is -2.21. The molecule has 0 aliphatic heterocycles. The van der Waals surface area contributed by atoms with Crippen molar-refractivity contribution in [3.8, 4) is 11.4 Å². The highest BCUT2D eigenvalue weighted by molar-refractivity contribution is 7.08. The maximum absolute atomic E-state index is 5.11. The number of rotatable bonds is 5. The van der Waals surface area contributed by atoms with Gasteiger partial charge in [0.05, 0.1) is 6.61 Å². The lowest BCUT2D eigenvalue weighted by atomic mass is 10.3. The molecule has 0 amide bonds. The second-order valence-corrected chi connectivity index (χ2v) is 5.30. The van der Waals surface area contributed by atoms with Crippen molar-refractivity contribution in [3.05, 3.63) is 29.0 Å². The van der Waals surface area contributed by atoms with Gasteiger partial charge in [-0.1, -0.05) is 0 Å². The normalized spacial score (nSPS) is 12.7. The fourth-order valence-electron chi connectivity index (χ4n) is 1.98. The van der Waals surface area contributed by atoms with Crippen LogP contribution in [-0.4, -0.2) is 39.6 Å². The highest BCUT2D eigenvalue weighted by atomic mass is 32.1. The first-order valence-corrected chi connectivity index (χ1v) is 7.22. The third-order valence-electron chi connectivity index (χ3n) is 2.85. The predicted molar refractivity (Wildman–Crippen MR) is 79.1 cm³/mol. The van der Waals surface area contributed by atoms with Crippen molar-refractivity contribution in [2.75, 3.05) is 19.0 Å². The van der Waals surface area contributed by atoms with Crippen LogP contribution in [0, 0.1) is 0 Å². The van der Waals surface area contributed by atoms with Crippen LogP contribution >= 0.6 is 11.3 Å². The Balaban J connectivity index is 1.95. The van der Waals surface area contributed by atoms with E-state index in [9.17, 15) is 0 Å². The number of nitrogens with one attached hydrogen (secondary N) is 1. The van der Waals surface area contributed by atoms with E-state index >= 15 is 0 Å². The van der Waals surface area contributed by atoms with Crippen molar-refractivity contribution in [3.63, 3.8) is 0 Å². The molecule has 104 valence electrons. The number of hydrogen-bond donors (Lipinski definition) is 1. The largest absolute Gasteiger partial charge is 0.383 e. The van der Waals surface area contributed by atoms with E-state index in [1.165, 1.54) is 0 Å². The molecule has 6 nitrogen and oxygen atoms in total. The van der Waals surface area contributed by atoms with Crippen LogP contribution in [0.5, 0.6) is 0 Å². The van der Waals surface area contributed by atoms with Crippen LogP contribution in [0.4, 0.5) is 5.82 Å². The molecule has 0 aliphatic carbocycles. The molecule has 0 aromatic carbocycles. The molecule has 0 saturated carbocycles. The maximum atomic E-state index is 5.11. The van der Waals surface area contributed by atoms with Gasteiger partial charge in [0.1, 0.15) is 5.82 Å². The van der Waals surface area contributed by atoms with Crippen LogP contribution in [0.25, 0.3) is 17.0 Å². The molecule has 3 heterocycles. The lowest BCUT2D eigenvalue weighted by molar-refractivity contribution is 0.190. The van der Waals surface area contributed by atoms with Crippen molar-refractivity contribution in [1.29, 1.82) is 0 Å². The third kappa shape index (κ3) is 2.50. The number of ether oxygens (including phenoxy) is 1. The molecule has 0 fully saturated rings. The fraction of sp³-hybridized carbons (Fsp3) is 0.308. The Bertz CT molecular complexity index is 694. The Hall–Kier alpha value is -1.99. The summed E-state index contributed by atoms with van der Waals surface area (Å²) < 4.78 is 6.86. The van der Waals surface area contributed by atoms with Gasteiger partial charge in [-0.15, -0.1) is 15.3 Å². The highest BCUT2D eigenvalue weighted by Crippen LogP contribution is 2.20. The Labute approximate surface area is 120 Å². The molecular formula is C13H15N5OS. The molecule has 1 unspecified atom stereocenters. The molecule has 3 aromatic rings. The van der Waals surface area contributed by atoms with E-state index in [0.717, 1.165) is 22.9 Å². The van der Waals surface area contributed by atoms with Crippen molar-refractivity contribution in [2.45, 2.75) is 13.0 Å². The van der Waals surface area contributed by atoms with Crippen LogP contribution in [0.1, 0.15) is 6.92 Å². The molecule has 3 aromatic heterocycles. The lowest BCUT2D eigenvalue weighted by Gasteiger charge is -2.13. The molecule has 1 atom stereocenters. The molecule has 1 N–H and O–H groups in total. The van der Waals surface area contributed by atoms with Gasteiger partial charge in [-0.3, -0.25) is 0 Å². The summed E-state index contributed by atoms with van der Waals surface area (Å²) in [5.41, 5.74) is 1.76. The van der Waals surface area contributed by atoms with Gasteiger partial charge in [-0.2, -0.15) is 15.9 Å². The van der Waals surface area contributed by atoms with Gasteiger partial charge in [0.15, 0.2) is 11.5 Å². The van der Waals surface area contributed by atoms with E-state index in [1.54, 1.807) is 23.0 Å². The highest BCUT2D eigenvalue weighted by Gasteiger charge is 2.11. The summed E-state index contributed by atoms with van der Waals surface area (Å²) in [5.74, 6) is 1.53.